The molecule has 4 aliphatic heterocycles. The second kappa shape index (κ2) is 23.6. The Hall–Kier alpha value is -7.17. The number of fused-ring (bicyclic) bond motifs is 1. The van der Waals surface area contributed by atoms with E-state index >= 15 is 0 Å². The van der Waals surface area contributed by atoms with E-state index < -0.39 is 123 Å². The van der Waals surface area contributed by atoms with Crippen LogP contribution in [0.1, 0.15) is 11.1 Å². The van der Waals surface area contributed by atoms with Gasteiger partial charge in [-0.2, -0.15) is 0 Å². The molecule has 14 atom stereocenters. The fourth-order valence-corrected chi connectivity index (χ4v) is 8.13. The third-order valence-corrected chi connectivity index (χ3v) is 12.2. The summed E-state index contributed by atoms with van der Waals surface area (Å²) in [6, 6.07) is 18.8. The number of carbonyl (C=O) groups is 1. The summed E-state index contributed by atoms with van der Waals surface area (Å²) in [6.07, 6.45) is -20.5. The lowest BCUT2D eigenvalue weighted by molar-refractivity contribution is -0.345. The minimum absolute atomic E-state index is 0.00444. The summed E-state index contributed by atoms with van der Waals surface area (Å²) in [5, 5.41) is 117. The number of ether oxygens (including phenoxy) is 9. The van der Waals surface area contributed by atoms with E-state index in [0.717, 1.165) is 24.3 Å². The first kappa shape index (κ1) is 54.1. The van der Waals surface area contributed by atoms with E-state index in [4.69, 9.17) is 47.0 Å². The van der Waals surface area contributed by atoms with Crippen molar-refractivity contribution in [1.29, 1.82) is 0 Å². The Bertz CT molecular complexity index is 2850. The van der Waals surface area contributed by atoms with E-state index in [1.54, 1.807) is 12.1 Å². The molecule has 0 unspecified atom stereocenters. The van der Waals surface area contributed by atoms with Crippen LogP contribution in [0.25, 0.3) is 34.8 Å². The predicted octanol–water partition coefficient (Wildman–Crippen LogP) is -0.138. The molecule has 0 spiro atoms. The summed E-state index contributed by atoms with van der Waals surface area (Å²) in [5.41, 5.74) is 0.377. The zero-order chi connectivity index (χ0) is 53.7. The predicted molar refractivity (Wildman–Crippen MR) is 255 cm³/mol. The monoisotopic (exact) mass is 1050 g/mol. The second-order valence-corrected chi connectivity index (χ2v) is 17.4. The van der Waals surface area contributed by atoms with Crippen LogP contribution in [-0.4, -0.2) is 186 Å². The summed E-state index contributed by atoms with van der Waals surface area (Å²) < 4.78 is 58.4. The van der Waals surface area contributed by atoms with Crippen LogP contribution in [0.5, 0.6) is 34.5 Å². The second-order valence-electron chi connectivity index (χ2n) is 17.4. The molecule has 1 aliphatic carbocycles. The minimum atomic E-state index is -2.05. The number of aliphatic hydroxyl groups is 8. The summed E-state index contributed by atoms with van der Waals surface area (Å²) >= 11 is 0. The van der Waals surface area contributed by atoms with Crippen molar-refractivity contribution < 1.29 is 113 Å². The molecule has 0 saturated carbocycles. The number of benzene rings is 4. The molecule has 0 radical (unpaired) electrons. The maximum Gasteiger partial charge on any atom is 0.510 e. The van der Waals surface area contributed by atoms with Crippen molar-refractivity contribution in [3.8, 4) is 57.1 Å². The molecular formula is C51H53O24+. The fraction of sp³-hybridized carbons (Fsp3) is 0.353. The van der Waals surface area contributed by atoms with Gasteiger partial charge in [-0.05, 0) is 77.9 Å². The maximum absolute atomic E-state index is 13.3. The number of hydrogen-bond donors (Lipinski definition) is 11. The number of phenolic OH excluding ortho intramolecular Hbond substituents is 3. The SMILES string of the molecule is COc1cc(C=CC(=O)O[C@H]2[C@H](O[C@H]3[C@H](Oc4cc5c(O[C@@H]6O[C@H](CO)[C@@H](O)[C@H](O)[C@H]6O)cc(=O)cc-5oc4-c4ccc(O)cc4)O[C@H](COC(=[OH+])C=Cc4ccc(O)cc4)[C@@H](O)[C@@H]3O)OC[C@@H](O)[C@@H]2O)ccc1O. The van der Waals surface area contributed by atoms with Gasteiger partial charge in [-0.1, -0.05) is 18.2 Å². The van der Waals surface area contributed by atoms with Crippen molar-refractivity contribution in [2.45, 2.75) is 86.0 Å². The largest absolute Gasteiger partial charge is 0.510 e. The zero-order valence-corrected chi connectivity index (χ0v) is 39.4. The molecule has 400 valence electrons. The topological polar surface area (TPSA) is 374 Å². The molecule has 5 aliphatic rings. The van der Waals surface area contributed by atoms with Crippen LogP contribution in [0.3, 0.4) is 0 Å². The highest BCUT2D eigenvalue weighted by Crippen LogP contribution is 2.43. The quantitative estimate of drug-likeness (QED) is 0.0348. The molecule has 8 rings (SSSR count). The fourth-order valence-electron chi connectivity index (χ4n) is 8.13. The normalized spacial score (nSPS) is 29.0. The number of carbonyl (C=O) groups excluding carboxylic acids is 2. The third-order valence-electron chi connectivity index (χ3n) is 12.2. The van der Waals surface area contributed by atoms with Gasteiger partial charge < -0.3 is 108 Å². The van der Waals surface area contributed by atoms with Crippen LogP contribution in [0.4, 0.5) is 0 Å². The van der Waals surface area contributed by atoms with E-state index in [2.05, 4.69) is 0 Å². The van der Waals surface area contributed by atoms with Crippen molar-refractivity contribution in [2.75, 3.05) is 26.9 Å². The van der Waals surface area contributed by atoms with Crippen molar-refractivity contribution in [3.05, 3.63) is 118 Å². The molecule has 3 aromatic rings. The van der Waals surface area contributed by atoms with Crippen molar-refractivity contribution in [1.82, 2.24) is 0 Å². The Morgan fingerprint density at radius 1 is 0.680 bits per heavy atom. The third kappa shape index (κ3) is 12.5. The molecular weight excluding hydrogens is 997 g/mol. The molecule has 75 heavy (non-hydrogen) atoms. The van der Waals surface area contributed by atoms with E-state index in [-0.39, 0.29) is 57.1 Å². The molecule has 0 bridgehead atoms. The number of rotatable bonds is 16. The van der Waals surface area contributed by atoms with Gasteiger partial charge in [-0.3, -0.25) is 4.79 Å². The first-order chi connectivity index (χ1) is 35.9. The first-order valence-electron chi connectivity index (χ1n) is 23.0. The molecule has 24 heteroatoms. The van der Waals surface area contributed by atoms with E-state index in [1.807, 2.05) is 0 Å². The molecule has 0 aromatic heterocycles. The highest BCUT2D eigenvalue weighted by Gasteiger charge is 2.52. The average Bonchev–Trinajstić information content (AvgIpc) is 3.40. The molecule has 3 fully saturated rings. The number of aliphatic hydroxyl groups excluding tert-OH is 8. The Balaban J connectivity index is 1.15. The molecule has 24 nitrogen and oxygen atoms in total. The van der Waals surface area contributed by atoms with Crippen LogP contribution in [0, 0.1) is 0 Å². The lowest BCUT2D eigenvalue weighted by Gasteiger charge is -2.44. The molecule has 4 heterocycles. The van der Waals surface area contributed by atoms with Crippen LogP contribution in [0.15, 0.2) is 106 Å². The number of methoxy groups -OCH3 is 1. The Kier molecular flexibility index (Phi) is 17.0. The lowest BCUT2D eigenvalue weighted by atomic mass is 9.98. The summed E-state index contributed by atoms with van der Waals surface area (Å²) in [4.78, 5) is 37.1. The van der Waals surface area contributed by atoms with Gasteiger partial charge in [0.15, 0.2) is 53.0 Å². The smallest absolute Gasteiger partial charge is 0.508 e. The lowest BCUT2D eigenvalue weighted by Crippen LogP contribution is -2.64. The van der Waals surface area contributed by atoms with Gasteiger partial charge in [-0.15, -0.1) is 0 Å². The number of aromatic hydroxyl groups is 3. The van der Waals surface area contributed by atoms with Crippen molar-refractivity contribution >= 4 is 24.1 Å². The van der Waals surface area contributed by atoms with Gasteiger partial charge in [0.2, 0.25) is 19.2 Å². The average molecular weight is 1050 g/mol. The maximum atomic E-state index is 13.3. The zero-order valence-electron chi connectivity index (χ0n) is 39.4. The molecule has 3 saturated heterocycles. The van der Waals surface area contributed by atoms with Gasteiger partial charge in [0, 0.05) is 23.8 Å². The van der Waals surface area contributed by atoms with Gasteiger partial charge in [-0.25, -0.2) is 4.79 Å². The van der Waals surface area contributed by atoms with Crippen LogP contribution < -0.4 is 19.6 Å². The highest BCUT2D eigenvalue weighted by molar-refractivity contribution is 5.88. The van der Waals surface area contributed by atoms with E-state index in [1.165, 1.54) is 79.9 Å². The van der Waals surface area contributed by atoms with Crippen molar-refractivity contribution in [2.24, 2.45) is 0 Å². The van der Waals surface area contributed by atoms with E-state index in [0.29, 0.717) is 11.1 Å². The Morgan fingerprint density at radius 2 is 1.33 bits per heavy atom. The van der Waals surface area contributed by atoms with Gasteiger partial charge in [0.05, 0.1) is 32.0 Å². The molecule has 12 N–H and O–H groups in total. The number of esters is 2. The first-order valence-corrected chi connectivity index (χ1v) is 23.0. The number of phenols is 3. The summed E-state index contributed by atoms with van der Waals surface area (Å²) in [5.74, 6) is -2.98. The molecule has 3 aromatic carbocycles. The van der Waals surface area contributed by atoms with Crippen molar-refractivity contribution in [3.63, 3.8) is 0 Å². The number of hydrogen-bond acceptors (Lipinski definition) is 23. The highest BCUT2D eigenvalue weighted by atomic mass is 16.8. The van der Waals surface area contributed by atoms with Gasteiger partial charge in [0.25, 0.3) is 0 Å². The van der Waals surface area contributed by atoms with Crippen LogP contribution in [0.2, 0.25) is 0 Å². The van der Waals surface area contributed by atoms with Crippen LogP contribution >= 0.6 is 0 Å². The van der Waals surface area contributed by atoms with Gasteiger partial charge in [0.1, 0.15) is 71.8 Å². The Morgan fingerprint density at radius 3 is 2.04 bits per heavy atom. The Labute approximate surface area is 424 Å². The standard InChI is InChI=1S/C51H52O24/c1-66-34-16-24(4-13-30(34)56)6-15-39(59)74-47-40(60)31(57)21-68-50(47)75-48-44(64)42(62)37(22-67-38(58)14-5-23-2-9-26(53)10-3-23)73-51(48)71-35-19-29-32(69-46(35)25-7-11-27(54)12-8-25)17-28(55)18-33(29)70-49-45(65)43(63)41(61)36(20-52)72-49/h2-19,31,36-37,40-45,47-54,56-57,60-65H,20-22H2,1H3/p+1/t31-,36-,37-,40+,41-,42-,43+,44+,45-,47-,48-,49-,50+,51-/m1/s1. The summed E-state index contributed by atoms with van der Waals surface area (Å²) in [6.45, 7) is -2.07. The van der Waals surface area contributed by atoms with E-state index in [9.17, 15) is 70.6 Å². The van der Waals surface area contributed by atoms with Gasteiger partial charge >= 0.3 is 11.9 Å². The summed E-state index contributed by atoms with van der Waals surface area (Å²) in [7, 11) is 1.32. The minimum Gasteiger partial charge on any atom is -0.508 e. The molecule has 0 amide bonds. The van der Waals surface area contributed by atoms with Crippen LogP contribution in [-0.2, 0) is 33.2 Å².